The van der Waals surface area contributed by atoms with Gasteiger partial charge in [-0.15, -0.1) is 0 Å². The van der Waals surface area contributed by atoms with Gasteiger partial charge in [0.25, 0.3) is 5.69 Å². The number of non-ortho nitro benzene ring substituents is 1. The highest BCUT2D eigenvalue weighted by Crippen LogP contribution is 2.35. The van der Waals surface area contributed by atoms with Crippen LogP contribution in [0.2, 0.25) is 0 Å². The number of nitrogens with zero attached hydrogens (tertiary/aromatic N) is 3. The van der Waals surface area contributed by atoms with Crippen molar-refractivity contribution in [3.63, 3.8) is 0 Å². The fourth-order valence-corrected chi connectivity index (χ4v) is 2.56. The molecule has 2 rings (SSSR count). The van der Waals surface area contributed by atoms with Crippen LogP contribution in [0.25, 0.3) is 11.1 Å². The van der Waals surface area contributed by atoms with Crippen LogP contribution in [0.15, 0.2) is 28.9 Å². The molecule has 2 aromatic rings. The van der Waals surface area contributed by atoms with Crippen LogP contribution in [0.5, 0.6) is 11.9 Å². The summed E-state index contributed by atoms with van der Waals surface area (Å²) in [6.45, 7) is 11.4. The number of nitro groups is 1. The minimum Gasteiger partial charge on any atom is -0.471 e. The van der Waals surface area contributed by atoms with Crippen molar-refractivity contribution in [1.82, 2.24) is 9.97 Å². The van der Waals surface area contributed by atoms with Crippen molar-refractivity contribution in [3.8, 4) is 23.0 Å². The monoisotopic (exact) mass is 423 g/mol. The molecule has 0 atom stereocenters. The molecule has 0 spiro atoms. The molecule has 0 aliphatic carbocycles. The maximum absolute atomic E-state index is 11.2. The number of benzene rings is 1. The van der Waals surface area contributed by atoms with Gasteiger partial charge in [-0.2, -0.15) is 4.98 Å². The topological polar surface area (TPSA) is 87.4 Å². The Morgan fingerprint density at radius 2 is 1.65 bits per heavy atom. The lowest BCUT2D eigenvalue weighted by atomic mass is 10.1. The lowest BCUT2D eigenvalue weighted by Crippen LogP contribution is -2.26. The van der Waals surface area contributed by atoms with E-state index in [1.54, 1.807) is 12.3 Å². The fraction of sp³-hybridized carbons (Fsp3) is 0.444. The molecule has 0 aliphatic heterocycles. The molecule has 0 radical (unpaired) electrons. The first-order valence-electron chi connectivity index (χ1n) is 8.04. The lowest BCUT2D eigenvalue weighted by Gasteiger charge is -2.24. The lowest BCUT2D eigenvalue weighted by molar-refractivity contribution is -0.384. The van der Waals surface area contributed by atoms with Gasteiger partial charge in [0, 0.05) is 22.8 Å². The van der Waals surface area contributed by atoms with E-state index >= 15 is 0 Å². The third-order valence-electron chi connectivity index (χ3n) is 2.94. The average molecular weight is 424 g/mol. The van der Waals surface area contributed by atoms with Gasteiger partial charge in [0.05, 0.1) is 10.5 Å². The molecule has 0 aliphatic rings. The molecule has 1 heterocycles. The molecule has 0 fully saturated rings. The Bertz CT molecular complexity index is 826. The van der Waals surface area contributed by atoms with Crippen molar-refractivity contribution in [2.24, 2.45) is 0 Å². The van der Waals surface area contributed by atoms with Gasteiger partial charge in [0.2, 0.25) is 5.88 Å². The molecule has 1 aromatic carbocycles. The molecular weight excluding hydrogens is 402 g/mol. The molecule has 26 heavy (non-hydrogen) atoms. The Kier molecular flexibility index (Phi) is 5.55. The first kappa shape index (κ1) is 20.1. The molecule has 0 N–H and O–H groups in total. The largest absolute Gasteiger partial charge is 0.471 e. The Balaban J connectivity index is 2.58. The van der Waals surface area contributed by atoms with Crippen molar-refractivity contribution in [2.75, 3.05) is 0 Å². The average Bonchev–Trinajstić information content (AvgIpc) is 2.43. The van der Waals surface area contributed by atoms with Crippen LogP contribution >= 0.6 is 15.9 Å². The van der Waals surface area contributed by atoms with Crippen molar-refractivity contribution >= 4 is 21.6 Å². The number of aromatic nitrogens is 2. The number of hydrogen-bond acceptors (Lipinski definition) is 6. The van der Waals surface area contributed by atoms with Crippen molar-refractivity contribution < 1.29 is 14.4 Å². The summed E-state index contributed by atoms with van der Waals surface area (Å²) in [4.78, 5) is 19.3. The third-order valence-corrected chi connectivity index (χ3v) is 3.39. The van der Waals surface area contributed by atoms with Gasteiger partial charge in [-0.05, 0) is 53.2 Å². The Morgan fingerprint density at radius 3 is 2.19 bits per heavy atom. The van der Waals surface area contributed by atoms with Crippen LogP contribution in [-0.4, -0.2) is 26.1 Å². The van der Waals surface area contributed by atoms with Crippen molar-refractivity contribution in [1.29, 1.82) is 0 Å². The molecule has 140 valence electrons. The van der Waals surface area contributed by atoms with Gasteiger partial charge < -0.3 is 9.47 Å². The first-order valence-corrected chi connectivity index (χ1v) is 8.84. The maximum atomic E-state index is 11.2. The van der Waals surface area contributed by atoms with E-state index in [9.17, 15) is 10.1 Å². The molecule has 0 amide bonds. The van der Waals surface area contributed by atoms with Gasteiger partial charge in [-0.3, -0.25) is 10.1 Å². The van der Waals surface area contributed by atoms with Crippen LogP contribution in [0.4, 0.5) is 5.69 Å². The Labute approximate surface area is 161 Å². The van der Waals surface area contributed by atoms with E-state index in [0.29, 0.717) is 21.5 Å². The Morgan fingerprint density at radius 1 is 1.04 bits per heavy atom. The molecular formula is C18H22BrN3O4. The quantitative estimate of drug-likeness (QED) is 0.497. The van der Waals surface area contributed by atoms with E-state index in [0.717, 1.165) is 0 Å². The minimum atomic E-state index is -0.514. The van der Waals surface area contributed by atoms with Gasteiger partial charge in [0.15, 0.2) is 0 Å². The second-order valence-electron chi connectivity index (χ2n) is 7.76. The summed E-state index contributed by atoms with van der Waals surface area (Å²) in [5, 5.41) is 11.2. The van der Waals surface area contributed by atoms with E-state index in [4.69, 9.17) is 9.47 Å². The van der Waals surface area contributed by atoms with E-state index < -0.39 is 16.1 Å². The summed E-state index contributed by atoms with van der Waals surface area (Å²) in [6, 6.07) is 4.84. The molecule has 0 saturated heterocycles. The van der Waals surface area contributed by atoms with Crippen molar-refractivity contribution in [3.05, 3.63) is 39.0 Å². The summed E-state index contributed by atoms with van der Waals surface area (Å²) in [5.41, 5.74) is 0.110. The third kappa shape index (κ3) is 5.66. The highest BCUT2D eigenvalue weighted by molar-refractivity contribution is 9.10. The number of halogens is 1. The van der Waals surface area contributed by atoms with Gasteiger partial charge in [-0.25, -0.2) is 4.98 Å². The molecule has 8 heteroatoms. The molecule has 7 nitrogen and oxygen atoms in total. The van der Waals surface area contributed by atoms with E-state index in [1.807, 2.05) is 41.5 Å². The second-order valence-corrected chi connectivity index (χ2v) is 8.67. The molecule has 1 aromatic heterocycles. The zero-order valence-corrected chi connectivity index (χ0v) is 17.2. The highest BCUT2D eigenvalue weighted by Gasteiger charge is 2.22. The molecule has 0 saturated carbocycles. The number of nitro benzene ring substituents is 1. The zero-order valence-electron chi connectivity index (χ0n) is 15.7. The maximum Gasteiger partial charge on any atom is 0.320 e. The standard InChI is InChI=1S/C18H22BrN3O4/c1-17(2,3)25-15-14(10-20-16(21-15)26-18(4,5)6)11-7-12(19)9-13(8-11)22(23)24/h7-10H,1-6H3. The minimum absolute atomic E-state index is 0.0360. The summed E-state index contributed by atoms with van der Waals surface area (Å²) in [7, 11) is 0. The Hall–Kier alpha value is -2.22. The van der Waals surface area contributed by atoms with Crippen LogP contribution < -0.4 is 9.47 Å². The van der Waals surface area contributed by atoms with Crippen LogP contribution in [0.1, 0.15) is 41.5 Å². The van der Waals surface area contributed by atoms with E-state index in [2.05, 4.69) is 25.9 Å². The number of rotatable bonds is 4. The molecule has 0 bridgehead atoms. The van der Waals surface area contributed by atoms with Crippen molar-refractivity contribution in [2.45, 2.75) is 52.7 Å². The summed E-state index contributed by atoms with van der Waals surface area (Å²) in [6.07, 6.45) is 1.56. The smallest absolute Gasteiger partial charge is 0.320 e. The zero-order chi connectivity index (χ0) is 19.7. The normalized spacial score (nSPS) is 12.0. The summed E-state index contributed by atoms with van der Waals surface area (Å²) < 4.78 is 12.3. The van der Waals surface area contributed by atoms with E-state index in [1.165, 1.54) is 12.1 Å². The number of hydrogen-bond donors (Lipinski definition) is 0. The van der Waals surface area contributed by atoms with E-state index in [-0.39, 0.29) is 11.7 Å². The second kappa shape index (κ2) is 7.19. The van der Waals surface area contributed by atoms with Crippen LogP contribution in [0, 0.1) is 10.1 Å². The van der Waals surface area contributed by atoms with Gasteiger partial charge >= 0.3 is 6.01 Å². The predicted molar refractivity (Wildman–Crippen MR) is 103 cm³/mol. The molecule has 0 unspecified atom stereocenters. The van der Waals surface area contributed by atoms with Crippen LogP contribution in [0.3, 0.4) is 0 Å². The summed E-state index contributed by atoms with van der Waals surface area (Å²) >= 11 is 3.31. The number of ether oxygens (including phenoxy) is 2. The van der Waals surface area contributed by atoms with Gasteiger partial charge in [0.1, 0.15) is 11.2 Å². The highest BCUT2D eigenvalue weighted by atomic mass is 79.9. The van der Waals surface area contributed by atoms with Gasteiger partial charge in [-0.1, -0.05) is 15.9 Å². The van der Waals surface area contributed by atoms with Crippen LogP contribution in [-0.2, 0) is 0 Å². The first-order chi connectivity index (χ1) is 11.8. The fourth-order valence-electron chi connectivity index (χ4n) is 2.07. The summed E-state index contributed by atoms with van der Waals surface area (Å²) in [5.74, 6) is 0.305. The SMILES string of the molecule is CC(C)(C)Oc1ncc(-c2cc(Br)cc([N+](=O)[O-])c2)c(OC(C)(C)C)n1. The predicted octanol–water partition coefficient (Wildman–Crippen LogP) is 5.17.